The van der Waals surface area contributed by atoms with Gasteiger partial charge in [-0.1, -0.05) is 29.3 Å². The van der Waals surface area contributed by atoms with Gasteiger partial charge in [0.15, 0.2) is 0 Å². The molecule has 20 heavy (non-hydrogen) atoms. The van der Waals surface area contributed by atoms with Crippen LogP contribution in [0, 0.1) is 6.92 Å². The first-order chi connectivity index (χ1) is 9.29. The van der Waals surface area contributed by atoms with Crippen molar-refractivity contribution in [1.82, 2.24) is 0 Å². The fraction of sp³-hybridized carbons (Fsp3) is 0.0769. The van der Waals surface area contributed by atoms with Gasteiger partial charge in [0, 0.05) is 5.69 Å². The molecular formula is C13H12Cl2N2O2S. The van der Waals surface area contributed by atoms with E-state index in [4.69, 9.17) is 28.9 Å². The van der Waals surface area contributed by atoms with Crippen LogP contribution < -0.4 is 10.5 Å². The molecule has 0 atom stereocenters. The zero-order valence-electron chi connectivity index (χ0n) is 10.5. The summed E-state index contributed by atoms with van der Waals surface area (Å²) in [6.07, 6.45) is 0. The summed E-state index contributed by atoms with van der Waals surface area (Å²) >= 11 is 11.6. The number of sulfonamides is 1. The van der Waals surface area contributed by atoms with Gasteiger partial charge in [0.05, 0.1) is 20.6 Å². The van der Waals surface area contributed by atoms with Crippen LogP contribution >= 0.6 is 23.2 Å². The van der Waals surface area contributed by atoms with Gasteiger partial charge >= 0.3 is 0 Å². The molecule has 0 aromatic heterocycles. The van der Waals surface area contributed by atoms with E-state index in [1.807, 2.05) is 0 Å². The fourth-order valence-electron chi connectivity index (χ4n) is 1.60. The second-order valence-electron chi connectivity index (χ2n) is 4.26. The molecule has 0 unspecified atom stereocenters. The first-order valence-electron chi connectivity index (χ1n) is 5.63. The maximum atomic E-state index is 12.3. The van der Waals surface area contributed by atoms with Crippen LogP contribution in [0.5, 0.6) is 0 Å². The highest BCUT2D eigenvalue weighted by Gasteiger charge is 2.16. The van der Waals surface area contributed by atoms with Gasteiger partial charge in [0.1, 0.15) is 0 Å². The van der Waals surface area contributed by atoms with Crippen molar-refractivity contribution in [3.63, 3.8) is 0 Å². The maximum Gasteiger partial charge on any atom is 0.261 e. The minimum atomic E-state index is -3.74. The number of hydrogen-bond donors (Lipinski definition) is 2. The Hall–Kier alpha value is -1.43. The van der Waals surface area contributed by atoms with Crippen LogP contribution in [0.25, 0.3) is 0 Å². The van der Waals surface area contributed by atoms with Crippen LogP contribution in [-0.4, -0.2) is 8.42 Å². The van der Waals surface area contributed by atoms with Crippen molar-refractivity contribution in [2.24, 2.45) is 0 Å². The highest BCUT2D eigenvalue weighted by Crippen LogP contribution is 2.27. The van der Waals surface area contributed by atoms with Crippen LogP contribution in [-0.2, 0) is 10.0 Å². The summed E-state index contributed by atoms with van der Waals surface area (Å²) in [6.45, 7) is 1.78. The monoisotopic (exact) mass is 330 g/mol. The molecule has 4 nitrogen and oxygen atoms in total. The van der Waals surface area contributed by atoms with Gasteiger partial charge in [-0.2, -0.15) is 0 Å². The Morgan fingerprint density at radius 1 is 1.05 bits per heavy atom. The Morgan fingerprint density at radius 2 is 1.75 bits per heavy atom. The summed E-state index contributed by atoms with van der Waals surface area (Å²) in [7, 11) is -3.74. The smallest absolute Gasteiger partial charge is 0.261 e. The van der Waals surface area contributed by atoms with E-state index < -0.39 is 10.0 Å². The summed E-state index contributed by atoms with van der Waals surface area (Å²) in [5.74, 6) is 0. The molecule has 0 saturated carbocycles. The quantitative estimate of drug-likeness (QED) is 0.843. The van der Waals surface area contributed by atoms with Crippen LogP contribution in [0.15, 0.2) is 41.3 Å². The summed E-state index contributed by atoms with van der Waals surface area (Å²) in [6, 6.07) is 9.12. The van der Waals surface area contributed by atoms with Gasteiger partial charge in [-0.05, 0) is 42.8 Å². The molecule has 2 aromatic rings. The lowest BCUT2D eigenvalue weighted by Crippen LogP contribution is -2.14. The molecule has 2 rings (SSSR count). The number of benzene rings is 2. The van der Waals surface area contributed by atoms with Crippen LogP contribution in [0.4, 0.5) is 11.4 Å². The van der Waals surface area contributed by atoms with Crippen molar-refractivity contribution in [3.8, 4) is 0 Å². The zero-order valence-corrected chi connectivity index (χ0v) is 12.9. The summed E-state index contributed by atoms with van der Waals surface area (Å²) < 4.78 is 27.0. The van der Waals surface area contributed by atoms with E-state index in [1.165, 1.54) is 18.2 Å². The molecule has 0 radical (unpaired) electrons. The van der Waals surface area contributed by atoms with Crippen molar-refractivity contribution in [3.05, 3.63) is 52.0 Å². The molecule has 0 spiro atoms. The number of anilines is 2. The molecule has 0 aliphatic carbocycles. The lowest BCUT2D eigenvalue weighted by molar-refractivity contribution is 0.601. The number of nitrogens with two attached hydrogens (primary N) is 1. The Morgan fingerprint density at radius 3 is 2.40 bits per heavy atom. The van der Waals surface area contributed by atoms with Crippen LogP contribution in [0.3, 0.4) is 0 Å². The first-order valence-corrected chi connectivity index (χ1v) is 7.87. The molecule has 7 heteroatoms. The number of nitrogens with one attached hydrogen (secondary N) is 1. The lowest BCUT2D eigenvalue weighted by Gasteiger charge is -2.11. The third-order valence-corrected chi connectivity index (χ3v) is 4.81. The van der Waals surface area contributed by atoms with Crippen LogP contribution in [0.2, 0.25) is 10.0 Å². The molecule has 0 aliphatic rings. The molecule has 0 saturated heterocycles. The predicted molar refractivity (Wildman–Crippen MR) is 82.9 cm³/mol. The van der Waals surface area contributed by atoms with E-state index in [2.05, 4.69) is 4.72 Å². The van der Waals surface area contributed by atoms with Gasteiger partial charge < -0.3 is 5.73 Å². The standard InChI is InChI=1S/C13H12Cl2N2O2S/c1-8-2-3-9(16)6-13(8)17-20(18,19)10-4-5-11(14)12(15)7-10/h2-7,17H,16H2,1H3. The summed E-state index contributed by atoms with van der Waals surface area (Å²) in [5, 5.41) is 0.476. The number of nitrogen functional groups attached to an aromatic ring is 1. The van der Waals surface area contributed by atoms with Gasteiger partial charge in [-0.25, -0.2) is 8.42 Å². The highest BCUT2D eigenvalue weighted by atomic mass is 35.5. The average molecular weight is 331 g/mol. The van der Waals surface area contributed by atoms with Gasteiger partial charge in [-0.3, -0.25) is 4.72 Å². The molecule has 0 bridgehead atoms. The number of halogens is 2. The van der Waals surface area contributed by atoms with Crippen molar-refractivity contribution < 1.29 is 8.42 Å². The summed E-state index contributed by atoms with van der Waals surface area (Å²) in [5.41, 5.74) is 7.32. The highest BCUT2D eigenvalue weighted by molar-refractivity contribution is 7.92. The SMILES string of the molecule is Cc1ccc(N)cc1NS(=O)(=O)c1ccc(Cl)c(Cl)c1. The average Bonchev–Trinajstić information content (AvgIpc) is 2.36. The minimum absolute atomic E-state index is 0.0359. The van der Waals surface area contributed by atoms with Crippen molar-refractivity contribution >= 4 is 44.6 Å². The molecule has 0 amide bonds. The van der Waals surface area contributed by atoms with Crippen LogP contribution in [0.1, 0.15) is 5.56 Å². The predicted octanol–water partition coefficient (Wildman–Crippen LogP) is 3.68. The summed E-state index contributed by atoms with van der Waals surface area (Å²) in [4.78, 5) is 0.0359. The van der Waals surface area contributed by atoms with Gasteiger partial charge in [0.25, 0.3) is 10.0 Å². The topological polar surface area (TPSA) is 72.2 Å². The van der Waals surface area contributed by atoms with Crippen molar-refractivity contribution in [2.45, 2.75) is 11.8 Å². The Bertz CT molecular complexity index is 761. The molecule has 106 valence electrons. The molecular weight excluding hydrogens is 319 g/mol. The van der Waals surface area contributed by atoms with E-state index in [-0.39, 0.29) is 9.92 Å². The lowest BCUT2D eigenvalue weighted by atomic mass is 10.2. The number of aryl methyl sites for hydroxylation is 1. The fourth-order valence-corrected chi connectivity index (χ4v) is 3.11. The second-order valence-corrected chi connectivity index (χ2v) is 6.75. The Labute approximate surface area is 127 Å². The van der Waals surface area contributed by atoms with Gasteiger partial charge in [-0.15, -0.1) is 0 Å². The number of hydrogen-bond acceptors (Lipinski definition) is 3. The third-order valence-electron chi connectivity index (χ3n) is 2.71. The molecule has 2 aromatic carbocycles. The normalized spacial score (nSPS) is 11.3. The van der Waals surface area contributed by atoms with Gasteiger partial charge in [0.2, 0.25) is 0 Å². The minimum Gasteiger partial charge on any atom is -0.399 e. The molecule has 0 fully saturated rings. The maximum absolute atomic E-state index is 12.3. The zero-order chi connectivity index (χ0) is 14.9. The molecule has 0 aliphatic heterocycles. The van der Waals surface area contributed by atoms with Crippen molar-refractivity contribution in [1.29, 1.82) is 0 Å². The van der Waals surface area contributed by atoms with Crippen molar-refractivity contribution in [2.75, 3.05) is 10.5 Å². The first kappa shape index (κ1) is 15.0. The Balaban J connectivity index is 2.40. The third kappa shape index (κ3) is 3.17. The van der Waals surface area contributed by atoms with E-state index in [1.54, 1.807) is 25.1 Å². The molecule has 3 N–H and O–H groups in total. The second kappa shape index (κ2) is 5.52. The Kier molecular flexibility index (Phi) is 4.13. The largest absolute Gasteiger partial charge is 0.399 e. The van der Waals surface area contributed by atoms with E-state index in [0.717, 1.165) is 5.56 Å². The number of rotatable bonds is 3. The van der Waals surface area contributed by atoms with E-state index in [0.29, 0.717) is 16.4 Å². The van der Waals surface area contributed by atoms with E-state index >= 15 is 0 Å². The molecule has 0 heterocycles. The van der Waals surface area contributed by atoms with E-state index in [9.17, 15) is 8.42 Å².